The predicted octanol–water partition coefficient (Wildman–Crippen LogP) is 3.68. The molecule has 0 aliphatic carbocycles. The maximum atomic E-state index is 12.4. The van der Waals surface area contributed by atoms with Crippen molar-refractivity contribution in [2.45, 2.75) is 40.7 Å². The Morgan fingerprint density at radius 3 is 2.41 bits per heavy atom. The van der Waals surface area contributed by atoms with E-state index in [1.165, 1.54) is 13.1 Å². The zero-order chi connectivity index (χ0) is 21.1. The van der Waals surface area contributed by atoms with Crippen molar-refractivity contribution in [2.75, 3.05) is 5.32 Å². The number of esters is 1. The zero-order valence-corrected chi connectivity index (χ0v) is 17.2. The Balaban J connectivity index is 1.64. The average molecular weight is 392 g/mol. The molecule has 1 atom stereocenters. The minimum atomic E-state index is -0.945. The lowest BCUT2D eigenvalue weighted by Gasteiger charge is -2.15. The van der Waals surface area contributed by atoms with E-state index in [0.717, 1.165) is 22.5 Å². The molecule has 7 heteroatoms. The van der Waals surface area contributed by atoms with Gasteiger partial charge in [0, 0.05) is 17.6 Å². The topological polar surface area (TPSA) is 86.1 Å². The van der Waals surface area contributed by atoms with Crippen molar-refractivity contribution in [1.82, 2.24) is 14.8 Å². The second-order valence-corrected chi connectivity index (χ2v) is 7.10. The van der Waals surface area contributed by atoms with Crippen LogP contribution in [0, 0.1) is 27.7 Å². The van der Waals surface area contributed by atoms with E-state index in [1.807, 2.05) is 52.0 Å². The lowest BCUT2D eigenvalue weighted by molar-refractivity contribution is -0.123. The Hall–Kier alpha value is -3.48. The van der Waals surface area contributed by atoms with Crippen LogP contribution in [0.3, 0.4) is 0 Å². The number of hydrogen-bond acceptors (Lipinski definition) is 5. The maximum Gasteiger partial charge on any atom is 0.340 e. The highest BCUT2D eigenvalue weighted by atomic mass is 16.5. The number of nitrogens with one attached hydrogen (secondary N) is 1. The Morgan fingerprint density at radius 2 is 1.83 bits per heavy atom. The number of carbonyl (C=O) groups is 2. The fraction of sp³-hybridized carbons (Fsp3) is 0.273. The van der Waals surface area contributed by atoms with E-state index in [2.05, 4.69) is 15.4 Å². The molecule has 2 heterocycles. The van der Waals surface area contributed by atoms with Gasteiger partial charge in [0.05, 0.1) is 11.3 Å². The summed E-state index contributed by atoms with van der Waals surface area (Å²) in [5.41, 5.74) is 4.84. The fourth-order valence-electron chi connectivity index (χ4n) is 2.96. The number of aryl methyl sites for hydroxylation is 4. The van der Waals surface area contributed by atoms with Gasteiger partial charge in [-0.3, -0.25) is 4.79 Å². The van der Waals surface area contributed by atoms with Crippen molar-refractivity contribution in [3.05, 3.63) is 70.7 Å². The first-order chi connectivity index (χ1) is 13.7. The Kier molecular flexibility index (Phi) is 5.77. The number of ether oxygens (including phenoxy) is 1. The number of hydrogen-bond donors (Lipinski definition) is 1. The number of anilines is 1. The molecule has 0 saturated heterocycles. The van der Waals surface area contributed by atoms with E-state index >= 15 is 0 Å². The summed E-state index contributed by atoms with van der Waals surface area (Å²) >= 11 is 0. The highest BCUT2D eigenvalue weighted by Crippen LogP contribution is 2.17. The normalized spacial score (nSPS) is 11.8. The number of aromatic nitrogens is 3. The monoisotopic (exact) mass is 392 g/mol. The number of amides is 1. The van der Waals surface area contributed by atoms with Crippen molar-refractivity contribution < 1.29 is 14.3 Å². The van der Waals surface area contributed by atoms with Crippen LogP contribution >= 0.6 is 0 Å². The number of pyridine rings is 1. The van der Waals surface area contributed by atoms with Gasteiger partial charge in [-0.15, -0.1) is 0 Å². The van der Waals surface area contributed by atoms with E-state index in [9.17, 15) is 9.59 Å². The Bertz CT molecular complexity index is 1050. The van der Waals surface area contributed by atoms with Crippen LogP contribution in [0.4, 0.5) is 5.69 Å². The molecule has 29 heavy (non-hydrogen) atoms. The number of rotatable bonds is 5. The van der Waals surface area contributed by atoms with Gasteiger partial charge in [0.25, 0.3) is 5.91 Å². The van der Waals surface area contributed by atoms with Crippen LogP contribution in [-0.4, -0.2) is 32.7 Å². The number of nitrogens with zero attached hydrogens (tertiary/aromatic N) is 3. The molecule has 0 saturated carbocycles. The standard InChI is InChI=1S/C22H24N4O3/c1-13-6-8-19(14(2)10-13)24-21(27)17(5)29-22(28)18-7-9-20(23-12-18)26-16(4)11-15(3)25-26/h6-12,17H,1-5H3,(H,24,27). The molecule has 1 N–H and O–H groups in total. The molecule has 3 aromatic rings. The van der Waals surface area contributed by atoms with E-state index < -0.39 is 18.0 Å². The molecule has 0 spiro atoms. The van der Waals surface area contributed by atoms with E-state index in [1.54, 1.807) is 16.8 Å². The van der Waals surface area contributed by atoms with Gasteiger partial charge in [-0.1, -0.05) is 17.7 Å². The third-order valence-corrected chi connectivity index (χ3v) is 4.50. The number of benzene rings is 1. The van der Waals surface area contributed by atoms with Crippen LogP contribution in [0.5, 0.6) is 0 Å². The highest BCUT2D eigenvalue weighted by molar-refractivity contribution is 5.97. The van der Waals surface area contributed by atoms with Crippen molar-refractivity contribution in [3.8, 4) is 5.82 Å². The lowest BCUT2D eigenvalue weighted by Crippen LogP contribution is -2.30. The summed E-state index contributed by atoms with van der Waals surface area (Å²) in [4.78, 5) is 29.0. The van der Waals surface area contributed by atoms with E-state index in [-0.39, 0.29) is 5.56 Å². The quantitative estimate of drug-likeness (QED) is 0.670. The van der Waals surface area contributed by atoms with Crippen LogP contribution in [0.25, 0.3) is 5.82 Å². The van der Waals surface area contributed by atoms with Gasteiger partial charge in [-0.25, -0.2) is 14.5 Å². The molecule has 1 unspecified atom stereocenters. The average Bonchev–Trinajstić information content (AvgIpc) is 3.02. The summed E-state index contributed by atoms with van der Waals surface area (Å²) in [5.74, 6) is -0.397. The first kappa shape index (κ1) is 20.3. The van der Waals surface area contributed by atoms with Crippen molar-refractivity contribution in [1.29, 1.82) is 0 Å². The van der Waals surface area contributed by atoms with Gasteiger partial charge >= 0.3 is 5.97 Å². The van der Waals surface area contributed by atoms with Gasteiger partial charge in [0.15, 0.2) is 11.9 Å². The molecule has 1 aromatic carbocycles. The SMILES string of the molecule is Cc1ccc(NC(=O)C(C)OC(=O)c2ccc(-n3nc(C)cc3C)nc2)c(C)c1. The summed E-state index contributed by atoms with van der Waals surface area (Å²) in [7, 11) is 0. The maximum absolute atomic E-state index is 12.4. The first-order valence-corrected chi connectivity index (χ1v) is 9.33. The molecule has 1 amide bonds. The minimum absolute atomic E-state index is 0.265. The second-order valence-electron chi connectivity index (χ2n) is 7.10. The third kappa shape index (κ3) is 4.68. The summed E-state index contributed by atoms with van der Waals surface area (Å²) in [6, 6.07) is 11.0. The second kappa shape index (κ2) is 8.26. The number of carbonyl (C=O) groups excluding carboxylic acids is 2. The van der Waals surface area contributed by atoms with E-state index in [0.29, 0.717) is 11.5 Å². The molecule has 2 aromatic heterocycles. The highest BCUT2D eigenvalue weighted by Gasteiger charge is 2.20. The van der Waals surface area contributed by atoms with Crippen LogP contribution in [0.2, 0.25) is 0 Å². The van der Waals surface area contributed by atoms with Gasteiger partial charge < -0.3 is 10.1 Å². The van der Waals surface area contributed by atoms with Crippen molar-refractivity contribution in [2.24, 2.45) is 0 Å². The van der Waals surface area contributed by atoms with Gasteiger partial charge in [0.1, 0.15) is 0 Å². The summed E-state index contributed by atoms with van der Waals surface area (Å²) < 4.78 is 6.99. The van der Waals surface area contributed by atoms with Crippen LogP contribution in [0.1, 0.15) is 39.8 Å². The van der Waals surface area contributed by atoms with Crippen LogP contribution < -0.4 is 5.32 Å². The Labute approximate surface area is 169 Å². The molecule has 3 rings (SSSR count). The lowest BCUT2D eigenvalue weighted by atomic mass is 10.1. The first-order valence-electron chi connectivity index (χ1n) is 9.33. The van der Waals surface area contributed by atoms with Gasteiger partial charge in [0.2, 0.25) is 0 Å². The van der Waals surface area contributed by atoms with Crippen LogP contribution in [0.15, 0.2) is 42.6 Å². The third-order valence-electron chi connectivity index (χ3n) is 4.50. The molecule has 150 valence electrons. The summed E-state index contributed by atoms with van der Waals surface area (Å²) in [6.45, 7) is 9.26. The molecule has 0 aliphatic rings. The molecule has 0 fully saturated rings. The fourth-order valence-corrected chi connectivity index (χ4v) is 2.96. The molecule has 7 nitrogen and oxygen atoms in total. The smallest absolute Gasteiger partial charge is 0.340 e. The van der Waals surface area contributed by atoms with Crippen molar-refractivity contribution in [3.63, 3.8) is 0 Å². The van der Waals surface area contributed by atoms with Gasteiger partial charge in [-0.05, 0) is 64.4 Å². The molecular weight excluding hydrogens is 368 g/mol. The zero-order valence-electron chi connectivity index (χ0n) is 17.2. The summed E-state index contributed by atoms with van der Waals surface area (Å²) in [5, 5.41) is 7.15. The summed E-state index contributed by atoms with van der Waals surface area (Å²) in [6.07, 6.45) is 0.474. The molecular formula is C22H24N4O3. The minimum Gasteiger partial charge on any atom is -0.449 e. The molecule has 0 aliphatic heterocycles. The predicted molar refractivity (Wildman–Crippen MR) is 110 cm³/mol. The van der Waals surface area contributed by atoms with Crippen LogP contribution in [-0.2, 0) is 9.53 Å². The largest absolute Gasteiger partial charge is 0.449 e. The van der Waals surface area contributed by atoms with Gasteiger partial charge in [-0.2, -0.15) is 5.10 Å². The molecule has 0 bridgehead atoms. The van der Waals surface area contributed by atoms with E-state index in [4.69, 9.17) is 4.74 Å². The van der Waals surface area contributed by atoms with Crippen molar-refractivity contribution >= 4 is 17.6 Å². The Morgan fingerprint density at radius 1 is 1.07 bits per heavy atom. The molecule has 0 radical (unpaired) electrons.